The van der Waals surface area contributed by atoms with Crippen molar-refractivity contribution in [3.05, 3.63) is 0 Å². The molecule has 0 aliphatic rings. The van der Waals surface area contributed by atoms with Gasteiger partial charge in [-0.25, -0.2) is 0 Å². The van der Waals surface area contributed by atoms with Crippen LogP contribution < -0.4 is 11.3 Å². The van der Waals surface area contributed by atoms with Gasteiger partial charge in [0.25, 0.3) is 0 Å². The summed E-state index contributed by atoms with van der Waals surface area (Å²) in [5.74, 6) is 0. The summed E-state index contributed by atoms with van der Waals surface area (Å²) >= 11 is 4.83. The Morgan fingerprint density at radius 3 is 1.50 bits per heavy atom. The maximum atomic E-state index is 4.83. The fraction of sp³-hybridized carbons (Fsp3) is 0. The summed E-state index contributed by atoms with van der Waals surface area (Å²) < 4.78 is 0. The van der Waals surface area contributed by atoms with Crippen molar-refractivity contribution in [2.24, 2.45) is 11.3 Å². The number of rotatable bonds is 0. The van der Waals surface area contributed by atoms with Gasteiger partial charge in [-0.3, -0.25) is 0 Å². The van der Waals surface area contributed by atoms with Crippen LogP contribution in [0, 0.1) is 0 Å². The molecule has 0 atom stereocenters. The Kier molecular flexibility index (Phi) is 1.69. The Morgan fingerprint density at radius 2 is 1.50 bits per heavy atom. The molecule has 0 saturated carbocycles. The highest BCUT2D eigenvalue weighted by atomic mass is 35.5. The summed E-state index contributed by atoms with van der Waals surface area (Å²) in [6.45, 7) is 0. The van der Waals surface area contributed by atoms with Gasteiger partial charge in [0.1, 0.15) is 0 Å². The largest absolute Gasteiger partial charge is 0.408 e. The first-order valence-corrected chi connectivity index (χ1v) is 1.32. The Bertz CT molecular complexity index is 10.8. The van der Waals surface area contributed by atoms with Crippen LogP contribution in [-0.4, -0.2) is 6.40 Å². The molecule has 4 heavy (non-hydrogen) atoms. The summed E-state index contributed by atoms with van der Waals surface area (Å²) in [5.41, 5.74) is 9.31. The molecule has 0 aliphatic carbocycles. The number of nitrogens with two attached hydrogens (primary N) is 2. The van der Waals surface area contributed by atoms with E-state index in [1.807, 2.05) is 0 Å². The van der Waals surface area contributed by atoms with Gasteiger partial charge in [-0.05, 0) is 0 Å². The third kappa shape index (κ3) is 48.9. The molecule has 0 unspecified atom stereocenters. The van der Waals surface area contributed by atoms with Gasteiger partial charge in [-0.1, -0.05) is 0 Å². The van der Waals surface area contributed by atoms with Crippen molar-refractivity contribution in [3.63, 3.8) is 0 Å². The minimum absolute atomic E-state index is 0.694. The molecule has 0 aromatic carbocycles. The highest BCUT2D eigenvalue weighted by Crippen LogP contribution is 1.55. The molecule has 4 N–H and O–H groups in total. The third-order valence-electron chi connectivity index (χ3n) is 0. The number of halogens is 1. The average molecular weight is 78.3 g/mol. The molecule has 0 aliphatic heterocycles. The second-order valence-corrected chi connectivity index (χ2v) is 0.948. The molecule has 0 heterocycles. The van der Waals surface area contributed by atoms with Crippen molar-refractivity contribution < 1.29 is 0 Å². The number of hydrogen-bond acceptors (Lipinski definition) is 2. The van der Waals surface area contributed by atoms with Gasteiger partial charge in [0.2, 0.25) is 0 Å². The van der Waals surface area contributed by atoms with Crippen LogP contribution in [-0.2, 0) is 0 Å². The van der Waals surface area contributed by atoms with Crippen LogP contribution in [0.15, 0.2) is 0 Å². The third-order valence-corrected chi connectivity index (χ3v) is 0. The molecule has 0 amide bonds. The van der Waals surface area contributed by atoms with Crippen LogP contribution in [0.1, 0.15) is 0 Å². The van der Waals surface area contributed by atoms with Gasteiger partial charge in [0.05, 0.1) is 0 Å². The van der Waals surface area contributed by atoms with E-state index >= 15 is 0 Å². The summed E-state index contributed by atoms with van der Waals surface area (Å²) in [5, 5.41) is 0. The molecule has 2 nitrogen and oxygen atoms in total. The van der Waals surface area contributed by atoms with Crippen molar-refractivity contribution in [2.75, 3.05) is 0 Å². The maximum Gasteiger partial charge on any atom is 0.408 e. The average Bonchev–Trinajstić information content (AvgIpc) is 0.811. The molecular weight excluding hydrogens is 74.3 g/mol. The molecule has 0 fully saturated rings. The lowest BCUT2D eigenvalue weighted by molar-refractivity contribution is 1.73. The summed E-state index contributed by atoms with van der Waals surface area (Å²) in [6, 6.07) is 0. The summed E-state index contributed by atoms with van der Waals surface area (Å²) in [7, 11) is 0. The zero-order valence-electron chi connectivity index (χ0n) is 2.11. The molecule has 0 aromatic rings. The topological polar surface area (TPSA) is 52.0 Å². The van der Waals surface area contributed by atoms with E-state index in [4.69, 9.17) is 11.5 Å². The van der Waals surface area contributed by atoms with E-state index in [0.717, 1.165) is 0 Å². The van der Waals surface area contributed by atoms with Crippen LogP contribution in [0.5, 0.6) is 0 Å². The SMILES string of the molecule is NB(N)Cl. The molecule has 0 rings (SSSR count). The highest BCUT2D eigenvalue weighted by Gasteiger charge is 1.83. The first-order valence-electron chi connectivity index (χ1n) is 0.885. The van der Waals surface area contributed by atoms with E-state index in [1.165, 1.54) is 0 Å². The summed E-state index contributed by atoms with van der Waals surface area (Å²) in [4.78, 5) is 0. The van der Waals surface area contributed by atoms with Gasteiger partial charge in [-0.2, -0.15) is 0 Å². The minimum Gasteiger partial charge on any atom is -0.342 e. The first kappa shape index (κ1) is 4.27. The monoisotopic (exact) mass is 78.0 g/mol. The van der Waals surface area contributed by atoms with Gasteiger partial charge in [0, 0.05) is 0 Å². The van der Waals surface area contributed by atoms with Gasteiger partial charge in [0.15, 0.2) is 0 Å². The Hall–Kier alpha value is 0.275. The van der Waals surface area contributed by atoms with E-state index < -0.39 is 6.40 Å². The highest BCUT2D eigenvalue weighted by molar-refractivity contribution is 7.03. The summed E-state index contributed by atoms with van der Waals surface area (Å²) in [6.07, 6.45) is -0.694. The lowest BCUT2D eigenvalue weighted by atomic mass is 10.2. The standard InChI is InChI=1S/BClH4N2/c2-1(3)4/h3-4H2. The Morgan fingerprint density at radius 1 is 1.50 bits per heavy atom. The molecule has 0 bridgehead atoms. The molecular formula is H4BClN2. The lowest BCUT2D eigenvalue weighted by Gasteiger charge is -1.70. The minimum atomic E-state index is -0.694. The Labute approximate surface area is 30.1 Å². The van der Waals surface area contributed by atoms with Crippen molar-refractivity contribution >= 4 is 17.9 Å². The van der Waals surface area contributed by atoms with Crippen LogP contribution in [0.25, 0.3) is 0 Å². The van der Waals surface area contributed by atoms with Crippen LogP contribution in [0.2, 0.25) is 0 Å². The second kappa shape index (κ2) is 1.58. The normalized spacial score (nSPS) is 6.75. The fourth-order valence-corrected chi connectivity index (χ4v) is 0. The van der Waals surface area contributed by atoms with Gasteiger partial charge < -0.3 is 11.3 Å². The maximum absolute atomic E-state index is 4.83. The van der Waals surface area contributed by atoms with E-state index in [9.17, 15) is 0 Å². The molecule has 4 heteroatoms. The van der Waals surface area contributed by atoms with E-state index in [-0.39, 0.29) is 0 Å². The zero-order valence-corrected chi connectivity index (χ0v) is 2.87. The predicted octanol–water partition coefficient (Wildman–Crippen LogP) is -0.873. The molecule has 0 saturated heterocycles. The second-order valence-electron chi connectivity index (χ2n) is 0.444. The lowest BCUT2D eigenvalue weighted by Crippen LogP contribution is -2.29. The van der Waals surface area contributed by atoms with Crippen LogP contribution >= 0.6 is 11.5 Å². The first-order chi connectivity index (χ1) is 1.73. The molecule has 24 valence electrons. The zero-order chi connectivity index (χ0) is 3.58. The molecule has 0 aromatic heterocycles. The van der Waals surface area contributed by atoms with Crippen LogP contribution in [0.3, 0.4) is 0 Å². The molecule has 0 spiro atoms. The van der Waals surface area contributed by atoms with Crippen molar-refractivity contribution in [3.8, 4) is 0 Å². The van der Waals surface area contributed by atoms with Gasteiger partial charge in [-0.15, -0.1) is 11.5 Å². The molecule has 0 radical (unpaired) electrons. The van der Waals surface area contributed by atoms with Crippen molar-refractivity contribution in [2.45, 2.75) is 0 Å². The van der Waals surface area contributed by atoms with Crippen LogP contribution in [0.4, 0.5) is 0 Å². The quantitative estimate of drug-likeness (QED) is 0.370. The van der Waals surface area contributed by atoms with E-state index in [2.05, 4.69) is 11.3 Å². The van der Waals surface area contributed by atoms with Gasteiger partial charge >= 0.3 is 6.40 Å². The van der Waals surface area contributed by atoms with Crippen molar-refractivity contribution in [1.82, 2.24) is 0 Å². The predicted molar refractivity (Wildman–Crippen MR) is 20.0 cm³/mol. The fourth-order valence-electron chi connectivity index (χ4n) is 0. The number of hydrogen-bond donors (Lipinski definition) is 2. The van der Waals surface area contributed by atoms with E-state index in [0.29, 0.717) is 0 Å². The van der Waals surface area contributed by atoms with E-state index in [1.54, 1.807) is 0 Å². The Balaban J connectivity index is 2.32. The smallest absolute Gasteiger partial charge is 0.342 e. The van der Waals surface area contributed by atoms with Crippen molar-refractivity contribution in [1.29, 1.82) is 0 Å².